The molecule has 3 aromatic rings. The van der Waals surface area contributed by atoms with Crippen molar-refractivity contribution < 1.29 is 58.3 Å². The number of oxime groups is 1. The maximum atomic E-state index is 15.0. The summed E-state index contributed by atoms with van der Waals surface area (Å²) in [6, 6.07) is 14.7. The van der Waals surface area contributed by atoms with E-state index < -0.39 is 35.1 Å². The molecule has 63 heavy (non-hydrogen) atoms. The lowest BCUT2D eigenvalue weighted by Crippen LogP contribution is -2.70. The van der Waals surface area contributed by atoms with E-state index in [2.05, 4.69) is 12.7 Å². The van der Waals surface area contributed by atoms with Crippen molar-refractivity contribution in [2.24, 2.45) is 22.9 Å². The number of nitro benzene ring substituents is 1. The number of non-ortho nitro benzene ring substituents is 1. The molecule has 1 saturated carbocycles. The number of nitrogens with zero attached hydrogens (tertiary/aromatic N) is 3. The molecule has 1 amide bonds. The van der Waals surface area contributed by atoms with E-state index in [0.717, 1.165) is 43.2 Å². The smallest absolute Gasteiger partial charge is 0.416 e. The van der Waals surface area contributed by atoms with Crippen LogP contribution in [0.1, 0.15) is 81.3 Å². The molecule has 3 aliphatic heterocycles. The molecule has 1 saturated heterocycles. The van der Waals surface area contributed by atoms with Gasteiger partial charge in [0.1, 0.15) is 23.3 Å². The number of aliphatic hydroxyl groups excluding tert-OH is 2. The summed E-state index contributed by atoms with van der Waals surface area (Å²) >= 11 is 0. The Labute approximate surface area is 365 Å². The number of rotatable bonds is 18. The van der Waals surface area contributed by atoms with Crippen molar-refractivity contribution >= 4 is 17.5 Å². The second-order valence-electron chi connectivity index (χ2n) is 16.6. The van der Waals surface area contributed by atoms with E-state index in [1.165, 1.54) is 24.3 Å². The zero-order valence-electron chi connectivity index (χ0n) is 35.2. The first kappa shape index (κ1) is 43.9. The number of carbonyl (C=O) groups excluding carboxylic acids is 1. The fourth-order valence-corrected chi connectivity index (χ4v) is 9.91. The number of allylic oxidation sites excluding steroid dienone is 1. The van der Waals surface area contributed by atoms with Crippen LogP contribution in [0.15, 0.2) is 90.1 Å². The molecule has 0 bridgehead atoms. The highest BCUT2D eigenvalue weighted by Gasteiger charge is 2.66. The maximum Gasteiger partial charge on any atom is 0.416 e. The SMILES string of the molecule is C=CCO[C@@]12Oc3ccc(O)cc3[C@H]3[C@H](CCCCO)[C@@H](CCCCO)C=C(C(=NOC4CCCCO4)C[C@@H]1N(Cc1ccc4c(c1)OCO4)C(=O)Oc1ccc([N+](=O)[O-])cc1)[C@H]32. The van der Waals surface area contributed by atoms with Crippen LogP contribution in [0.4, 0.5) is 10.5 Å². The summed E-state index contributed by atoms with van der Waals surface area (Å²) in [6.45, 7) is 4.69. The predicted octanol–water partition coefficient (Wildman–Crippen LogP) is 7.89. The van der Waals surface area contributed by atoms with Crippen LogP contribution in [0.2, 0.25) is 0 Å². The van der Waals surface area contributed by atoms with Crippen LogP contribution in [0.25, 0.3) is 0 Å². The first-order valence-electron chi connectivity index (χ1n) is 21.9. The number of phenolic OH excluding ortho intramolecular Hbond substituents is 1. The van der Waals surface area contributed by atoms with Crippen LogP contribution in [0, 0.1) is 27.9 Å². The molecule has 0 radical (unpaired) electrons. The van der Waals surface area contributed by atoms with E-state index in [0.29, 0.717) is 60.8 Å². The first-order chi connectivity index (χ1) is 30.7. The summed E-state index contributed by atoms with van der Waals surface area (Å²) in [5.74, 6) is -0.988. The van der Waals surface area contributed by atoms with Gasteiger partial charge in [0.2, 0.25) is 18.9 Å². The molecule has 5 aliphatic rings. The molecular formula is C47H55N3O13. The Hall–Kier alpha value is -5.68. The number of benzene rings is 3. The highest BCUT2D eigenvalue weighted by molar-refractivity contribution is 6.03. The molecule has 3 heterocycles. The molecule has 16 heteroatoms. The largest absolute Gasteiger partial charge is 0.508 e. The van der Waals surface area contributed by atoms with Gasteiger partial charge >= 0.3 is 6.09 Å². The Morgan fingerprint density at radius 2 is 1.76 bits per heavy atom. The molecular weight excluding hydrogens is 815 g/mol. The van der Waals surface area contributed by atoms with Gasteiger partial charge in [-0.25, -0.2) is 4.79 Å². The van der Waals surface area contributed by atoms with Gasteiger partial charge in [-0.15, -0.1) is 6.58 Å². The van der Waals surface area contributed by atoms with Crippen molar-refractivity contribution in [3.8, 4) is 28.7 Å². The maximum absolute atomic E-state index is 15.0. The average Bonchev–Trinajstić information content (AvgIpc) is 3.77. The summed E-state index contributed by atoms with van der Waals surface area (Å²) < 4.78 is 37.6. The third kappa shape index (κ3) is 9.35. The molecule has 1 unspecified atom stereocenters. The van der Waals surface area contributed by atoms with E-state index >= 15 is 4.79 Å². The van der Waals surface area contributed by atoms with Crippen molar-refractivity contribution in [2.75, 3.05) is 33.2 Å². The molecule has 7 atom stereocenters. The summed E-state index contributed by atoms with van der Waals surface area (Å²) in [5.41, 5.74) is 2.68. The zero-order chi connectivity index (χ0) is 43.9. The normalized spacial score (nSPS) is 26.1. The summed E-state index contributed by atoms with van der Waals surface area (Å²) in [6.07, 6.45) is 9.25. The quantitative estimate of drug-likeness (QED) is 0.0483. The number of ether oxygens (including phenoxy) is 6. The van der Waals surface area contributed by atoms with Gasteiger partial charge < -0.3 is 48.6 Å². The number of aromatic hydroxyl groups is 1. The van der Waals surface area contributed by atoms with Crippen LogP contribution in [-0.2, 0) is 20.9 Å². The number of unbranched alkanes of at least 4 members (excludes halogenated alkanes) is 2. The molecule has 2 fully saturated rings. The Balaban J connectivity index is 1.32. The topological polar surface area (TPSA) is 201 Å². The second kappa shape index (κ2) is 19.8. The van der Waals surface area contributed by atoms with E-state index in [-0.39, 0.29) is 74.5 Å². The molecule has 16 nitrogen and oxygen atoms in total. The number of phenols is 1. The van der Waals surface area contributed by atoms with Gasteiger partial charge in [-0.3, -0.25) is 15.0 Å². The number of amides is 1. The highest BCUT2D eigenvalue weighted by Crippen LogP contribution is 2.62. The fraction of sp³-hybridized carbons (Fsp3) is 0.489. The van der Waals surface area contributed by atoms with E-state index in [4.69, 9.17) is 38.4 Å². The van der Waals surface area contributed by atoms with Crippen LogP contribution >= 0.6 is 0 Å². The number of aliphatic hydroxyl groups is 2. The third-order valence-corrected chi connectivity index (χ3v) is 12.7. The number of fused-ring (bicyclic) bond motifs is 3. The highest BCUT2D eigenvalue weighted by atomic mass is 16.8. The Kier molecular flexibility index (Phi) is 13.8. The van der Waals surface area contributed by atoms with Gasteiger partial charge in [-0.05, 0) is 104 Å². The third-order valence-electron chi connectivity index (χ3n) is 12.7. The number of nitro groups is 1. The van der Waals surface area contributed by atoms with Crippen LogP contribution in [0.3, 0.4) is 0 Å². The standard InChI is InChI=1S/C47H55N3O13/c1-2-22-60-47-42(49(28-30-12-18-40-41(24-30)59-29-58-40)46(54)61-34-16-13-32(14-17-34)50(55)56)27-38(48-63-43-11-5-8-23-57-43)36-25-31(9-3-6-20-51)35(10-4-7-21-52)44(45(36)47)37-26-33(53)15-19-39(37)62-47/h2,12-19,24-26,31,35,42-45,51-53H,1,3-11,20-23,27-29H2/t31-,35+,42-,43?,44+,45+,47+/m0/s1. The molecule has 3 N–H and O–H groups in total. The van der Waals surface area contributed by atoms with Crippen LogP contribution in [0.5, 0.6) is 28.7 Å². The lowest BCUT2D eigenvalue weighted by atomic mass is 9.55. The van der Waals surface area contributed by atoms with Gasteiger partial charge in [0, 0.05) is 56.2 Å². The molecule has 2 aliphatic carbocycles. The lowest BCUT2D eigenvalue weighted by molar-refractivity contribution is -0.384. The minimum atomic E-state index is -1.62. The van der Waals surface area contributed by atoms with Crippen LogP contribution in [-0.4, -0.2) is 88.3 Å². The predicted molar refractivity (Wildman–Crippen MR) is 229 cm³/mol. The number of carbonyl (C=O) groups is 1. The molecule has 3 aromatic carbocycles. The number of hydrogen-bond donors (Lipinski definition) is 3. The zero-order valence-corrected chi connectivity index (χ0v) is 35.2. The van der Waals surface area contributed by atoms with Gasteiger partial charge in [0.05, 0.1) is 29.8 Å². The van der Waals surface area contributed by atoms with Crippen molar-refractivity contribution in [3.05, 3.63) is 106 Å². The molecule has 0 aromatic heterocycles. The Morgan fingerprint density at radius 3 is 2.51 bits per heavy atom. The van der Waals surface area contributed by atoms with E-state index in [1.807, 2.05) is 6.07 Å². The fourth-order valence-electron chi connectivity index (χ4n) is 9.91. The van der Waals surface area contributed by atoms with Crippen molar-refractivity contribution in [2.45, 2.75) is 94.8 Å². The Bertz CT molecular complexity index is 2170. The van der Waals surface area contributed by atoms with E-state index in [9.17, 15) is 25.4 Å². The Morgan fingerprint density at radius 1 is 0.984 bits per heavy atom. The minimum Gasteiger partial charge on any atom is -0.508 e. The summed E-state index contributed by atoms with van der Waals surface area (Å²) in [4.78, 5) is 33.8. The van der Waals surface area contributed by atoms with Gasteiger partial charge in [0.25, 0.3) is 5.69 Å². The second-order valence-corrected chi connectivity index (χ2v) is 16.6. The molecule has 336 valence electrons. The summed E-state index contributed by atoms with van der Waals surface area (Å²) in [5, 5.41) is 47.3. The van der Waals surface area contributed by atoms with Crippen molar-refractivity contribution in [1.29, 1.82) is 0 Å². The minimum absolute atomic E-state index is 0.0126. The van der Waals surface area contributed by atoms with Crippen LogP contribution < -0.4 is 18.9 Å². The van der Waals surface area contributed by atoms with Gasteiger partial charge in [0.15, 0.2) is 11.5 Å². The average molecular weight is 870 g/mol. The van der Waals surface area contributed by atoms with Crippen molar-refractivity contribution in [3.63, 3.8) is 0 Å². The first-order valence-corrected chi connectivity index (χ1v) is 21.9. The van der Waals surface area contributed by atoms with Gasteiger partial charge in [-0.2, -0.15) is 0 Å². The van der Waals surface area contributed by atoms with Gasteiger partial charge in [-0.1, -0.05) is 36.2 Å². The number of hydrogen-bond acceptors (Lipinski definition) is 14. The van der Waals surface area contributed by atoms with E-state index in [1.54, 1.807) is 41.3 Å². The summed E-state index contributed by atoms with van der Waals surface area (Å²) in [7, 11) is 0. The molecule has 8 rings (SSSR count). The van der Waals surface area contributed by atoms with Crippen molar-refractivity contribution in [1.82, 2.24) is 4.90 Å². The molecule has 0 spiro atoms. The monoisotopic (exact) mass is 869 g/mol. The lowest BCUT2D eigenvalue weighted by Gasteiger charge is -2.59.